The molecular formula is C20H19BF3O-. The SMILES string of the molecule is F[B-](F)(F)C(CCc1ccccc1)OCc1ccc2ccccc2c1. The summed E-state index contributed by atoms with van der Waals surface area (Å²) in [5, 5.41) is 2.06. The Morgan fingerprint density at radius 1 is 0.760 bits per heavy atom. The van der Waals surface area contributed by atoms with E-state index in [1.165, 1.54) is 0 Å². The molecule has 25 heavy (non-hydrogen) atoms. The number of halogens is 3. The highest BCUT2D eigenvalue weighted by Crippen LogP contribution is 2.24. The topological polar surface area (TPSA) is 9.23 Å². The summed E-state index contributed by atoms with van der Waals surface area (Å²) in [5.74, 6) is 0. The first kappa shape index (κ1) is 17.6. The Bertz CT molecular complexity index is 818. The lowest BCUT2D eigenvalue weighted by atomic mass is 9.78. The largest absolute Gasteiger partial charge is 0.506 e. The molecule has 1 atom stereocenters. The third-order valence-electron chi connectivity index (χ3n) is 4.26. The van der Waals surface area contributed by atoms with E-state index >= 15 is 0 Å². The molecule has 130 valence electrons. The summed E-state index contributed by atoms with van der Waals surface area (Å²) in [6.07, 6.45) is 0.297. The average molecular weight is 343 g/mol. The fourth-order valence-corrected chi connectivity index (χ4v) is 2.87. The highest BCUT2D eigenvalue weighted by molar-refractivity contribution is 6.60. The van der Waals surface area contributed by atoms with Crippen LogP contribution in [0, 0.1) is 0 Å². The summed E-state index contributed by atoms with van der Waals surface area (Å²) in [6.45, 7) is -5.08. The Hall–Kier alpha value is -2.27. The van der Waals surface area contributed by atoms with Crippen LogP contribution < -0.4 is 0 Å². The zero-order valence-electron chi connectivity index (χ0n) is 13.7. The molecule has 0 saturated heterocycles. The van der Waals surface area contributed by atoms with E-state index in [4.69, 9.17) is 4.74 Å². The van der Waals surface area contributed by atoms with Gasteiger partial charge >= 0.3 is 6.98 Å². The van der Waals surface area contributed by atoms with Crippen molar-refractivity contribution in [3.8, 4) is 0 Å². The third kappa shape index (κ3) is 4.86. The second-order valence-corrected chi connectivity index (χ2v) is 6.18. The molecule has 0 radical (unpaired) electrons. The second-order valence-electron chi connectivity index (χ2n) is 6.18. The van der Waals surface area contributed by atoms with Gasteiger partial charge in [0.1, 0.15) is 0 Å². The van der Waals surface area contributed by atoms with Crippen molar-refractivity contribution in [2.45, 2.75) is 25.5 Å². The lowest BCUT2D eigenvalue weighted by molar-refractivity contribution is 0.0581. The van der Waals surface area contributed by atoms with Crippen molar-refractivity contribution >= 4 is 17.7 Å². The molecule has 5 heteroatoms. The van der Waals surface area contributed by atoms with E-state index in [1.54, 1.807) is 0 Å². The summed E-state index contributed by atoms with van der Waals surface area (Å²) in [4.78, 5) is 0. The van der Waals surface area contributed by atoms with E-state index in [9.17, 15) is 12.9 Å². The molecule has 0 aliphatic heterocycles. The van der Waals surface area contributed by atoms with Gasteiger partial charge in [-0.25, -0.2) is 0 Å². The molecule has 0 saturated carbocycles. The van der Waals surface area contributed by atoms with Gasteiger partial charge < -0.3 is 17.7 Å². The molecule has 0 aliphatic rings. The Kier molecular flexibility index (Phi) is 5.44. The van der Waals surface area contributed by atoms with Gasteiger partial charge in [0.2, 0.25) is 0 Å². The summed E-state index contributed by atoms with van der Waals surface area (Å²) in [6, 6.07) is 20.9. The van der Waals surface area contributed by atoms with Gasteiger partial charge in [0, 0.05) is 6.00 Å². The Morgan fingerprint density at radius 2 is 1.44 bits per heavy atom. The molecule has 1 unspecified atom stereocenters. The fourth-order valence-electron chi connectivity index (χ4n) is 2.87. The Labute approximate surface area is 145 Å². The van der Waals surface area contributed by atoms with Crippen LogP contribution in [-0.4, -0.2) is 13.0 Å². The number of rotatable bonds is 7. The zero-order valence-corrected chi connectivity index (χ0v) is 13.7. The maximum atomic E-state index is 13.3. The number of benzene rings is 3. The Balaban J connectivity index is 1.65. The number of aryl methyl sites for hydroxylation is 1. The maximum absolute atomic E-state index is 13.3. The molecular weight excluding hydrogens is 324 g/mol. The van der Waals surface area contributed by atoms with Crippen molar-refractivity contribution < 1.29 is 17.7 Å². The van der Waals surface area contributed by atoms with Crippen LogP contribution >= 0.6 is 0 Å². The molecule has 0 amide bonds. The zero-order chi connectivity index (χ0) is 17.7. The quantitative estimate of drug-likeness (QED) is 0.497. The molecule has 3 aromatic rings. The number of fused-ring (bicyclic) bond motifs is 1. The number of hydrogen-bond donors (Lipinski definition) is 0. The number of ether oxygens (including phenoxy) is 1. The first-order valence-corrected chi connectivity index (χ1v) is 8.35. The van der Waals surface area contributed by atoms with E-state index in [-0.39, 0.29) is 13.0 Å². The van der Waals surface area contributed by atoms with Crippen LogP contribution in [0.5, 0.6) is 0 Å². The van der Waals surface area contributed by atoms with Crippen molar-refractivity contribution in [1.82, 2.24) is 0 Å². The van der Waals surface area contributed by atoms with Gasteiger partial charge in [-0.15, -0.1) is 0 Å². The third-order valence-corrected chi connectivity index (χ3v) is 4.26. The molecule has 3 rings (SSSR count). The van der Waals surface area contributed by atoms with Crippen molar-refractivity contribution in [2.24, 2.45) is 0 Å². The van der Waals surface area contributed by atoms with Crippen molar-refractivity contribution in [1.29, 1.82) is 0 Å². The molecule has 0 aliphatic carbocycles. The summed E-state index contributed by atoms with van der Waals surface area (Å²) in [5.41, 5.74) is 1.64. The molecule has 0 fully saturated rings. The molecule has 1 nitrogen and oxygen atoms in total. The first-order chi connectivity index (χ1) is 12.0. The van der Waals surface area contributed by atoms with Gasteiger partial charge in [-0.2, -0.15) is 0 Å². The minimum atomic E-state index is -5.04. The monoisotopic (exact) mass is 343 g/mol. The first-order valence-electron chi connectivity index (χ1n) is 8.35. The van der Waals surface area contributed by atoms with E-state index in [0.29, 0.717) is 6.42 Å². The minimum Gasteiger partial charge on any atom is -0.447 e. The van der Waals surface area contributed by atoms with Crippen molar-refractivity contribution in [3.05, 3.63) is 83.9 Å². The van der Waals surface area contributed by atoms with Crippen LogP contribution in [0.2, 0.25) is 0 Å². The normalized spacial score (nSPS) is 13.1. The standard InChI is InChI=1S/C20H19BF3O/c22-21(23,24)20(13-11-16-6-2-1-3-7-16)25-15-17-10-12-18-8-4-5-9-19(18)14-17/h1-10,12,14,20H,11,13,15H2/q-1. The molecule has 0 N–H and O–H groups in total. The van der Waals surface area contributed by atoms with Gasteiger partial charge in [-0.05, 0) is 40.8 Å². The van der Waals surface area contributed by atoms with E-state index in [0.717, 1.165) is 21.9 Å². The maximum Gasteiger partial charge on any atom is 0.506 e. The lowest BCUT2D eigenvalue weighted by Crippen LogP contribution is -2.37. The van der Waals surface area contributed by atoms with Crippen LogP contribution in [0.15, 0.2) is 72.8 Å². The van der Waals surface area contributed by atoms with E-state index < -0.39 is 13.0 Å². The van der Waals surface area contributed by atoms with E-state index in [2.05, 4.69) is 0 Å². The van der Waals surface area contributed by atoms with Crippen LogP contribution in [0.1, 0.15) is 17.5 Å². The Morgan fingerprint density at radius 3 is 2.16 bits per heavy atom. The molecule has 0 spiro atoms. The predicted octanol–water partition coefficient (Wildman–Crippen LogP) is 5.74. The van der Waals surface area contributed by atoms with Crippen LogP contribution in [-0.2, 0) is 17.8 Å². The minimum absolute atomic E-state index is 0.0362. The fraction of sp³-hybridized carbons (Fsp3) is 0.200. The summed E-state index contributed by atoms with van der Waals surface area (Å²) in [7, 11) is 0. The summed E-state index contributed by atoms with van der Waals surface area (Å²) >= 11 is 0. The molecule has 0 heterocycles. The smallest absolute Gasteiger partial charge is 0.447 e. The number of hydrogen-bond acceptors (Lipinski definition) is 1. The van der Waals surface area contributed by atoms with E-state index in [1.807, 2.05) is 72.8 Å². The van der Waals surface area contributed by atoms with Gasteiger partial charge in [0.15, 0.2) is 0 Å². The lowest BCUT2D eigenvalue weighted by Gasteiger charge is -2.27. The van der Waals surface area contributed by atoms with Crippen molar-refractivity contribution in [3.63, 3.8) is 0 Å². The van der Waals surface area contributed by atoms with Gasteiger partial charge in [-0.3, -0.25) is 0 Å². The van der Waals surface area contributed by atoms with Gasteiger partial charge in [0.25, 0.3) is 0 Å². The second kappa shape index (κ2) is 7.75. The van der Waals surface area contributed by atoms with Crippen LogP contribution in [0.25, 0.3) is 10.8 Å². The molecule has 0 bridgehead atoms. The van der Waals surface area contributed by atoms with Crippen molar-refractivity contribution in [2.75, 3.05) is 0 Å². The highest BCUT2D eigenvalue weighted by atomic mass is 19.4. The highest BCUT2D eigenvalue weighted by Gasteiger charge is 2.35. The van der Waals surface area contributed by atoms with Crippen LogP contribution in [0.3, 0.4) is 0 Å². The predicted molar refractivity (Wildman–Crippen MR) is 96.4 cm³/mol. The average Bonchev–Trinajstić information content (AvgIpc) is 2.61. The molecule has 3 aromatic carbocycles. The summed E-state index contributed by atoms with van der Waals surface area (Å²) < 4.78 is 45.2. The van der Waals surface area contributed by atoms with Gasteiger partial charge in [0.05, 0.1) is 6.61 Å². The van der Waals surface area contributed by atoms with Gasteiger partial charge in [-0.1, -0.05) is 66.7 Å². The molecule has 0 aromatic heterocycles. The van der Waals surface area contributed by atoms with Crippen LogP contribution in [0.4, 0.5) is 12.9 Å².